The van der Waals surface area contributed by atoms with Crippen molar-refractivity contribution in [1.82, 2.24) is 0 Å². The fraction of sp³-hybridized carbons (Fsp3) is 1.00. The Labute approximate surface area is 108 Å². The van der Waals surface area contributed by atoms with Crippen molar-refractivity contribution in [1.29, 1.82) is 0 Å². The minimum Gasteiger partial charge on any atom is -0.286 e. The summed E-state index contributed by atoms with van der Waals surface area (Å²) in [6, 6.07) is 0. The summed E-state index contributed by atoms with van der Waals surface area (Å²) in [5, 5.41) is 0. The van der Waals surface area contributed by atoms with Gasteiger partial charge in [0.2, 0.25) is 0 Å². The van der Waals surface area contributed by atoms with Gasteiger partial charge in [-0.15, -0.1) is 0 Å². The highest BCUT2D eigenvalue weighted by Crippen LogP contribution is 2.22. The van der Waals surface area contributed by atoms with Crippen molar-refractivity contribution >= 4 is 10.1 Å². The smallest absolute Gasteiger partial charge is 0.264 e. The first kappa shape index (κ1) is 19.3. The second-order valence-electron chi connectivity index (χ2n) is 4.74. The third kappa shape index (κ3) is 15.9. The van der Waals surface area contributed by atoms with Crippen LogP contribution in [0.5, 0.6) is 0 Å². The van der Waals surface area contributed by atoms with Crippen molar-refractivity contribution in [3.05, 3.63) is 0 Å². The van der Waals surface area contributed by atoms with Crippen molar-refractivity contribution < 1.29 is 13.0 Å². The van der Waals surface area contributed by atoms with Crippen LogP contribution in [0.3, 0.4) is 0 Å². The molecule has 1 aliphatic rings. The van der Waals surface area contributed by atoms with E-state index in [0.717, 1.165) is 18.8 Å². The molecule has 0 aromatic rings. The Balaban J connectivity index is 0. The quantitative estimate of drug-likeness (QED) is 0.610. The first-order valence-electron chi connectivity index (χ1n) is 6.41. The molecule has 0 radical (unpaired) electrons. The van der Waals surface area contributed by atoms with Gasteiger partial charge in [0.1, 0.15) is 0 Å². The van der Waals surface area contributed by atoms with E-state index in [-0.39, 0.29) is 13.2 Å². The lowest BCUT2D eigenvalue weighted by atomic mass is 9.91. The Hall–Kier alpha value is -0.0900. The van der Waals surface area contributed by atoms with Gasteiger partial charge in [0.05, 0.1) is 5.75 Å². The van der Waals surface area contributed by atoms with E-state index in [1.807, 2.05) is 6.92 Å². The molecule has 0 saturated heterocycles. The lowest BCUT2D eigenvalue weighted by Crippen LogP contribution is -2.02. The molecule has 3 nitrogen and oxygen atoms in total. The molecule has 0 aliphatic heterocycles. The molecule has 1 aliphatic carbocycles. The summed E-state index contributed by atoms with van der Waals surface area (Å²) in [5.74, 6) is 0.939. The molecule has 0 spiro atoms. The topological polar surface area (TPSA) is 54.4 Å². The summed E-state index contributed by atoms with van der Waals surface area (Å²) >= 11 is 0. The number of unbranched alkanes of at least 4 members (excludes halogenated alkanes) is 2. The van der Waals surface area contributed by atoms with Gasteiger partial charge in [-0.2, -0.15) is 8.42 Å². The zero-order valence-electron chi connectivity index (χ0n) is 10.6. The minimum atomic E-state index is -3.70. The van der Waals surface area contributed by atoms with Gasteiger partial charge in [-0.3, -0.25) is 4.55 Å². The Morgan fingerprint density at radius 3 is 1.94 bits per heavy atom. The van der Waals surface area contributed by atoms with Crippen LogP contribution < -0.4 is 0 Å². The highest BCUT2D eigenvalue weighted by Gasteiger charge is 2.05. The molecule has 0 amide bonds. The standard InChI is InChI=1S/C7H14.C5H12O3S.CH4/c1-7-5-3-2-4-6-7;1-2-3-4-5-9(6,7)8;/h7H,2-6H2,1H3;2-5H2,1H3,(H,6,7,8);1H4. The van der Waals surface area contributed by atoms with Crippen LogP contribution in [-0.4, -0.2) is 18.7 Å². The first-order chi connectivity index (χ1) is 7.45. The first-order valence-corrected chi connectivity index (χ1v) is 8.01. The van der Waals surface area contributed by atoms with Crippen molar-refractivity contribution in [2.45, 2.75) is 72.6 Å². The van der Waals surface area contributed by atoms with E-state index in [4.69, 9.17) is 4.55 Å². The molecule has 1 rings (SSSR count). The molecule has 0 aromatic heterocycles. The Morgan fingerprint density at radius 1 is 1.12 bits per heavy atom. The predicted octanol–water partition coefficient (Wildman–Crippen LogP) is 4.29. The van der Waals surface area contributed by atoms with Crippen LogP contribution in [0.4, 0.5) is 0 Å². The monoisotopic (exact) mass is 266 g/mol. The molecule has 17 heavy (non-hydrogen) atoms. The average Bonchev–Trinajstić information content (AvgIpc) is 2.18. The molecular formula is C13H30O3S. The fourth-order valence-electron chi connectivity index (χ4n) is 1.84. The van der Waals surface area contributed by atoms with Crippen LogP contribution in [0.15, 0.2) is 0 Å². The molecule has 0 aromatic carbocycles. The summed E-state index contributed by atoms with van der Waals surface area (Å²) in [4.78, 5) is 0. The number of hydrogen-bond acceptors (Lipinski definition) is 2. The Morgan fingerprint density at radius 2 is 1.65 bits per heavy atom. The van der Waals surface area contributed by atoms with Crippen LogP contribution in [-0.2, 0) is 10.1 Å². The highest BCUT2D eigenvalue weighted by atomic mass is 32.2. The van der Waals surface area contributed by atoms with E-state index in [9.17, 15) is 8.42 Å². The molecule has 0 heterocycles. The van der Waals surface area contributed by atoms with Gasteiger partial charge < -0.3 is 0 Å². The summed E-state index contributed by atoms with van der Waals surface area (Å²) in [6.45, 7) is 4.34. The second-order valence-corrected chi connectivity index (χ2v) is 6.31. The molecule has 1 N–H and O–H groups in total. The average molecular weight is 266 g/mol. The lowest BCUT2D eigenvalue weighted by Gasteiger charge is -2.15. The third-order valence-electron chi connectivity index (χ3n) is 2.90. The van der Waals surface area contributed by atoms with Crippen molar-refractivity contribution in [2.75, 3.05) is 5.75 Å². The zero-order chi connectivity index (χ0) is 12.4. The molecular weight excluding hydrogens is 236 g/mol. The Bertz CT molecular complexity index is 241. The largest absolute Gasteiger partial charge is 0.286 e. The van der Waals surface area contributed by atoms with Gasteiger partial charge in [-0.25, -0.2) is 0 Å². The second kappa shape index (κ2) is 11.0. The maximum Gasteiger partial charge on any atom is 0.264 e. The molecule has 1 fully saturated rings. The lowest BCUT2D eigenvalue weighted by molar-refractivity contribution is 0.385. The molecule has 0 unspecified atom stereocenters. The minimum absolute atomic E-state index is 0. The van der Waals surface area contributed by atoms with Gasteiger partial charge >= 0.3 is 0 Å². The van der Waals surface area contributed by atoms with Crippen LogP contribution in [0.25, 0.3) is 0 Å². The van der Waals surface area contributed by atoms with Gasteiger partial charge in [0.15, 0.2) is 0 Å². The fourth-order valence-corrected chi connectivity index (χ4v) is 2.41. The van der Waals surface area contributed by atoms with E-state index in [2.05, 4.69) is 6.92 Å². The van der Waals surface area contributed by atoms with Gasteiger partial charge in [-0.05, 0) is 12.3 Å². The van der Waals surface area contributed by atoms with Crippen molar-refractivity contribution in [3.8, 4) is 0 Å². The van der Waals surface area contributed by atoms with Crippen molar-refractivity contribution in [3.63, 3.8) is 0 Å². The zero-order valence-corrected chi connectivity index (χ0v) is 11.4. The van der Waals surface area contributed by atoms with E-state index in [0.29, 0.717) is 6.42 Å². The van der Waals surface area contributed by atoms with Crippen LogP contribution in [0.2, 0.25) is 0 Å². The molecule has 0 atom stereocenters. The SMILES string of the molecule is C.CC1CCCCC1.CCCCCS(=O)(=O)O. The molecule has 0 bridgehead atoms. The summed E-state index contributed by atoms with van der Waals surface area (Å²) in [6.07, 6.45) is 9.83. The van der Waals surface area contributed by atoms with E-state index < -0.39 is 10.1 Å². The summed E-state index contributed by atoms with van der Waals surface area (Å²) in [7, 11) is -3.70. The molecule has 106 valence electrons. The summed E-state index contributed by atoms with van der Waals surface area (Å²) in [5.41, 5.74) is 0. The molecule has 1 saturated carbocycles. The van der Waals surface area contributed by atoms with E-state index >= 15 is 0 Å². The van der Waals surface area contributed by atoms with Crippen LogP contribution in [0.1, 0.15) is 72.6 Å². The number of hydrogen-bond donors (Lipinski definition) is 1. The molecule has 4 heteroatoms. The highest BCUT2D eigenvalue weighted by molar-refractivity contribution is 7.85. The maximum absolute atomic E-state index is 10.1. The van der Waals surface area contributed by atoms with Crippen LogP contribution in [0, 0.1) is 5.92 Å². The van der Waals surface area contributed by atoms with Gasteiger partial charge in [-0.1, -0.05) is 66.2 Å². The van der Waals surface area contributed by atoms with Gasteiger partial charge in [0, 0.05) is 0 Å². The van der Waals surface area contributed by atoms with E-state index in [1.54, 1.807) is 0 Å². The van der Waals surface area contributed by atoms with Gasteiger partial charge in [0.25, 0.3) is 10.1 Å². The third-order valence-corrected chi connectivity index (χ3v) is 3.70. The predicted molar refractivity (Wildman–Crippen MR) is 74.9 cm³/mol. The number of rotatable bonds is 4. The van der Waals surface area contributed by atoms with Crippen LogP contribution >= 0.6 is 0 Å². The van der Waals surface area contributed by atoms with E-state index in [1.165, 1.54) is 32.1 Å². The Kier molecular flexibility index (Phi) is 12.5. The maximum atomic E-state index is 10.1. The summed E-state index contributed by atoms with van der Waals surface area (Å²) < 4.78 is 28.3. The van der Waals surface area contributed by atoms with Crippen molar-refractivity contribution in [2.24, 2.45) is 5.92 Å². The normalized spacial score (nSPS) is 16.6.